The van der Waals surface area contributed by atoms with Gasteiger partial charge in [-0.2, -0.15) is 0 Å². The highest BCUT2D eigenvalue weighted by molar-refractivity contribution is 6.00. The average molecular weight is 1310 g/mol. The topological polar surface area (TPSA) is 490 Å². The molecule has 8 rings (SSSR count). The summed E-state index contributed by atoms with van der Waals surface area (Å²) in [6.45, 7) is 2.33. The molecule has 11 amide bonds. The molecule has 5 heterocycles. The molecule has 2 saturated heterocycles. The summed E-state index contributed by atoms with van der Waals surface area (Å²) in [6, 6.07) is 7.78. The quantitative estimate of drug-likeness (QED) is 0.0117. The van der Waals surface area contributed by atoms with Crippen LogP contribution in [-0.2, 0) is 78.4 Å². The number of imidazole rings is 1. The van der Waals surface area contributed by atoms with Gasteiger partial charge >= 0.3 is 0 Å². The smallest absolute Gasteiger partial charge is 0.245 e. The zero-order valence-electron chi connectivity index (χ0n) is 52.6. The summed E-state index contributed by atoms with van der Waals surface area (Å²) in [5.41, 5.74) is 19.8. The number of guanidine groups is 1. The van der Waals surface area contributed by atoms with Crippen LogP contribution in [0.2, 0.25) is 0 Å². The molecule has 2 fully saturated rings. The van der Waals surface area contributed by atoms with Gasteiger partial charge in [0.05, 0.1) is 19.5 Å². The van der Waals surface area contributed by atoms with Gasteiger partial charge in [-0.25, -0.2) is 4.98 Å². The molecule has 95 heavy (non-hydrogen) atoms. The van der Waals surface area contributed by atoms with Crippen LogP contribution in [0.5, 0.6) is 5.75 Å². The van der Waals surface area contributed by atoms with Crippen molar-refractivity contribution < 1.29 is 63.0 Å². The second-order valence-electron chi connectivity index (χ2n) is 24.0. The van der Waals surface area contributed by atoms with Crippen LogP contribution in [0.3, 0.4) is 0 Å². The summed E-state index contributed by atoms with van der Waals surface area (Å²) in [5, 5.41) is 46.5. The fourth-order valence-electron chi connectivity index (χ4n) is 11.5. The molecule has 3 aromatic carbocycles. The molecule has 2 aliphatic heterocycles. The van der Waals surface area contributed by atoms with Gasteiger partial charge in [0.15, 0.2) is 5.96 Å². The normalized spacial score (nSPS) is 16.6. The monoisotopic (exact) mass is 1310 g/mol. The van der Waals surface area contributed by atoms with Crippen molar-refractivity contribution in [2.24, 2.45) is 28.1 Å². The third-order valence-electron chi connectivity index (χ3n) is 16.4. The van der Waals surface area contributed by atoms with E-state index in [1.54, 1.807) is 74.8 Å². The van der Waals surface area contributed by atoms with Gasteiger partial charge in [-0.3, -0.25) is 57.7 Å². The zero-order chi connectivity index (χ0) is 68.3. The first-order valence-corrected chi connectivity index (χ1v) is 31.3. The Morgan fingerprint density at radius 3 is 1.72 bits per heavy atom. The summed E-state index contributed by atoms with van der Waals surface area (Å²) in [6.07, 6.45) is 6.51. The number of rotatable bonds is 33. The molecule has 31 nitrogen and oxygen atoms in total. The molecule has 0 spiro atoms. The van der Waals surface area contributed by atoms with Crippen LogP contribution in [-0.4, -0.2) is 187 Å². The Morgan fingerprint density at radius 2 is 1.18 bits per heavy atom. The Bertz CT molecular complexity index is 3750. The molecular weight excluding hydrogens is 1230 g/mol. The lowest BCUT2D eigenvalue weighted by atomic mass is 9.99. The maximum absolute atomic E-state index is 15.1. The van der Waals surface area contributed by atoms with Crippen molar-refractivity contribution in [2.75, 3.05) is 26.2 Å². The Labute approximate surface area is 545 Å². The highest BCUT2D eigenvalue weighted by atomic mass is 16.3. The number of aliphatic imine (C=N–C) groups is 1. The number of aromatic amines is 3. The number of nitrogens with one attached hydrogen (secondary N) is 12. The van der Waals surface area contributed by atoms with Crippen LogP contribution < -0.4 is 65.1 Å². The van der Waals surface area contributed by atoms with E-state index in [9.17, 15) is 53.4 Å². The Kier molecular flexibility index (Phi) is 24.4. The lowest BCUT2D eigenvalue weighted by Gasteiger charge is -2.30. The first-order valence-electron chi connectivity index (χ1n) is 31.3. The van der Waals surface area contributed by atoms with Crippen LogP contribution in [0.1, 0.15) is 81.2 Å². The minimum absolute atomic E-state index is 0.00905. The number of primary amides is 1. The van der Waals surface area contributed by atoms with Crippen LogP contribution in [0, 0.1) is 5.92 Å². The zero-order valence-corrected chi connectivity index (χ0v) is 52.6. The minimum atomic E-state index is -1.80. The van der Waals surface area contributed by atoms with E-state index in [2.05, 4.69) is 72.8 Å². The molecule has 0 radical (unpaired) electrons. The number of carbonyl (C=O) groups excluding carboxylic acids is 11. The molecule has 6 aromatic rings. The van der Waals surface area contributed by atoms with E-state index in [1.807, 2.05) is 0 Å². The van der Waals surface area contributed by atoms with Gasteiger partial charge in [-0.05, 0) is 85.4 Å². The maximum Gasteiger partial charge on any atom is 0.245 e. The summed E-state index contributed by atoms with van der Waals surface area (Å²) in [7, 11) is 0. The van der Waals surface area contributed by atoms with E-state index in [-0.39, 0.29) is 101 Å². The van der Waals surface area contributed by atoms with Crippen molar-refractivity contribution in [3.63, 3.8) is 0 Å². The second-order valence-corrected chi connectivity index (χ2v) is 24.0. The van der Waals surface area contributed by atoms with Gasteiger partial charge in [-0.15, -0.1) is 0 Å². The third-order valence-corrected chi connectivity index (χ3v) is 16.4. The number of para-hydroxylation sites is 2. The van der Waals surface area contributed by atoms with Gasteiger partial charge in [0.25, 0.3) is 0 Å². The summed E-state index contributed by atoms with van der Waals surface area (Å²) >= 11 is 0. The van der Waals surface area contributed by atoms with Crippen LogP contribution >= 0.6 is 0 Å². The van der Waals surface area contributed by atoms with Crippen molar-refractivity contribution in [3.05, 3.63) is 120 Å². The number of phenols is 1. The van der Waals surface area contributed by atoms with E-state index in [0.717, 1.165) is 0 Å². The first-order chi connectivity index (χ1) is 45.5. The number of benzene rings is 3. The van der Waals surface area contributed by atoms with Crippen LogP contribution in [0.15, 0.2) is 103 Å². The first kappa shape index (κ1) is 70.0. The van der Waals surface area contributed by atoms with E-state index in [0.29, 0.717) is 50.6 Å². The number of nitrogens with zero attached hydrogens (tertiary/aromatic N) is 3. The summed E-state index contributed by atoms with van der Waals surface area (Å²) in [5.74, 6) is -9.04. The van der Waals surface area contributed by atoms with E-state index in [1.165, 1.54) is 41.7 Å². The number of aromatic nitrogens is 4. The Balaban J connectivity index is 1.05. The van der Waals surface area contributed by atoms with Crippen molar-refractivity contribution >= 4 is 92.7 Å². The number of aliphatic hydroxyl groups is 1. The number of amides is 11. The van der Waals surface area contributed by atoms with Gasteiger partial charge in [0, 0.05) is 91.3 Å². The molecular formula is C64H82N18O13. The molecule has 3 unspecified atom stereocenters. The standard InChI is InChI=1S/C64H82N18O13/c1-34(2)23-46(56(88)75-45(13-7-21-69-64(66)67)63(95)82-22-8-14-52(82)62(94)72-31-53(65)85)76-58(90)48(25-36-28-70-42-11-5-3-9-40(36)42)78-57(89)47(24-35-15-17-39(84)18-16-35)77-61(93)51(32-83)81-59(91)49(26-37-29-71-43-12-6-4-10-41(37)43)79-60(92)50(27-38-30-68-33-73-38)80-55(87)44-19-20-54(86)74-44/h3-6,9-12,15-18,28-30,33-34,44-52,70-71,83-84H,7-8,13-14,19-27,31-32H2,1-2H3,(H2,65,85)(H,68,73)(H,72,94)(H,74,86)(H,75,88)(H,76,90)(H,77,93)(H,78,89)(H,79,92)(H,80,87)(H,81,91)(H4,66,67,69)/t44-,45-,46-,47-,48+,49-,50?,51?,52?/m0/s1. The SMILES string of the molecule is CC(C)C[C@H](NC(=O)[C@@H](Cc1c[nH]c2ccccc12)NC(=O)[C@H](Cc1ccc(O)cc1)NC(=O)C(CO)NC(=O)[C@H](Cc1c[nH]c2ccccc12)NC(=O)C(Cc1cnc[nH]1)NC(=O)[C@@H]1CCC(=O)N1)C(=O)N[C@@H](CCCN=C(N)N)C(=O)N1CCCC1C(=O)NCC(N)=O. The average Bonchev–Trinajstić information content (AvgIpc) is 1.81. The maximum atomic E-state index is 15.1. The Hall–Kier alpha value is -10.8. The van der Waals surface area contributed by atoms with Crippen LogP contribution in [0.25, 0.3) is 21.8 Å². The number of aliphatic hydroxyl groups excluding tert-OH is 1. The second kappa shape index (κ2) is 33.1. The predicted octanol–water partition coefficient (Wildman–Crippen LogP) is -2.29. The number of aromatic hydroxyl groups is 1. The van der Waals surface area contributed by atoms with Crippen molar-refractivity contribution in [1.82, 2.24) is 72.7 Å². The number of carbonyl (C=O) groups is 11. The van der Waals surface area contributed by atoms with Crippen molar-refractivity contribution in [1.29, 1.82) is 0 Å². The summed E-state index contributed by atoms with van der Waals surface area (Å²) < 4.78 is 0. The number of phenolic OH excluding ortho intramolecular Hbond substituents is 1. The number of fused-ring (bicyclic) bond motifs is 2. The predicted molar refractivity (Wildman–Crippen MR) is 346 cm³/mol. The number of nitrogens with two attached hydrogens (primary N) is 3. The van der Waals surface area contributed by atoms with E-state index < -0.39 is 127 Å². The van der Waals surface area contributed by atoms with E-state index >= 15 is 9.59 Å². The number of hydrogen-bond acceptors (Lipinski definition) is 15. The fraction of sp³-hybridized carbons (Fsp3) is 0.422. The lowest BCUT2D eigenvalue weighted by molar-refractivity contribution is -0.142. The highest BCUT2D eigenvalue weighted by Gasteiger charge is 2.40. The molecule has 20 N–H and O–H groups in total. The highest BCUT2D eigenvalue weighted by Crippen LogP contribution is 2.24. The number of hydrogen-bond donors (Lipinski definition) is 17. The lowest BCUT2D eigenvalue weighted by Crippen LogP contribution is -2.61. The van der Waals surface area contributed by atoms with Crippen LogP contribution in [0.4, 0.5) is 0 Å². The molecule has 3 aromatic heterocycles. The van der Waals surface area contributed by atoms with E-state index in [4.69, 9.17) is 17.2 Å². The van der Waals surface area contributed by atoms with Gasteiger partial charge in [0.1, 0.15) is 60.1 Å². The third kappa shape index (κ3) is 19.6. The molecule has 2 aliphatic rings. The molecule has 0 bridgehead atoms. The minimum Gasteiger partial charge on any atom is -0.508 e. The largest absolute Gasteiger partial charge is 0.508 e. The Morgan fingerprint density at radius 1 is 0.642 bits per heavy atom. The van der Waals surface area contributed by atoms with Gasteiger partial charge in [-0.1, -0.05) is 62.4 Å². The van der Waals surface area contributed by atoms with Gasteiger partial charge < -0.3 is 95.1 Å². The van der Waals surface area contributed by atoms with Crippen molar-refractivity contribution in [2.45, 2.75) is 139 Å². The molecule has 0 saturated carbocycles. The molecule has 9 atom stereocenters. The molecule has 506 valence electrons. The van der Waals surface area contributed by atoms with Gasteiger partial charge in [0.2, 0.25) is 65.0 Å². The molecule has 31 heteroatoms. The number of H-pyrrole nitrogens is 3. The molecule has 0 aliphatic carbocycles. The van der Waals surface area contributed by atoms with Crippen molar-refractivity contribution in [3.8, 4) is 5.75 Å². The fourth-order valence-corrected chi connectivity index (χ4v) is 11.5. The number of likely N-dealkylation sites (tertiary alicyclic amines) is 1. The summed E-state index contributed by atoms with van der Waals surface area (Å²) in [4.78, 5) is 172.